The van der Waals surface area contributed by atoms with Gasteiger partial charge in [0.1, 0.15) is 5.25 Å². The van der Waals surface area contributed by atoms with Crippen molar-refractivity contribution >= 4 is 56.0 Å². The number of ether oxygens (including phenoxy) is 1. The Labute approximate surface area is 156 Å². The van der Waals surface area contributed by atoms with Gasteiger partial charge in [0.05, 0.1) is 6.61 Å². The van der Waals surface area contributed by atoms with E-state index >= 15 is 0 Å². The van der Waals surface area contributed by atoms with Crippen LogP contribution in [0.3, 0.4) is 0 Å². The standard InChI is InChI=1S/C15H16BrN3O3S2/c1-3-11(13(21)22-4-2)23-15-19-18-14(24-15)17-12(20)9-6-5-7-10(16)8-9/h5-8,11H,3-4H2,1-2H3,(H,17,18,20)/t11-/m1/s1. The number of nitrogens with zero attached hydrogens (tertiary/aromatic N) is 2. The summed E-state index contributed by atoms with van der Waals surface area (Å²) in [7, 11) is 0. The highest BCUT2D eigenvalue weighted by atomic mass is 79.9. The molecule has 9 heteroatoms. The van der Waals surface area contributed by atoms with Crippen molar-refractivity contribution < 1.29 is 14.3 Å². The molecular weight excluding hydrogens is 414 g/mol. The number of aromatic nitrogens is 2. The molecule has 0 aliphatic rings. The van der Waals surface area contributed by atoms with Crippen LogP contribution in [-0.2, 0) is 9.53 Å². The summed E-state index contributed by atoms with van der Waals surface area (Å²) in [6, 6.07) is 7.06. The van der Waals surface area contributed by atoms with Gasteiger partial charge in [-0.3, -0.25) is 14.9 Å². The van der Waals surface area contributed by atoms with E-state index in [2.05, 4.69) is 31.4 Å². The third-order valence-corrected chi connectivity index (χ3v) is 5.64. The second-order valence-electron chi connectivity index (χ2n) is 4.60. The quantitative estimate of drug-likeness (QED) is 0.407. The molecule has 1 heterocycles. The number of esters is 1. The molecule has 0 fully saturated rings. The van der Waals surface area contributed by atoms with Gasteiger partial charge in [-0.1, -0.05) is 52.0 Å². The predicted molar refractivity (Wildman–Crippen MR) is 98.6 cm³/mol. The molecule has 0 unspecified atom stereocenters. The van der Waals surface area contributed by atoms with Crippen molar-refractivity contribution in [2.45, 2.75) is 29.9 Å². The van der Waals surface area contributed by atoms with Gasteiger partial charge in [0.25, 0.3) is 5.91 Å². The number of nitrogens with one attached hydrogen (secondary N) is 1. The average Bonchev–Trinajstić information content (AvgIpc) is 2.99. The first-order chi connectivity index (χ1) is 11.5. The first-order valence-corrected chi connectivity index (χ1v) is 9.76. The molecule has 0 bridgehead atoms. The molecule has 0 aliphatic carbocycles. The van der Waals surface area contributed by atoms with Crippen LogP contribution in [0.1, 0.15) is 30.6 Å². The molecule has 1 amide bonds. The normalized spacial score (nSPS) is 11.8. The molecule has 6 nitrogen and oxygen atoms in total. The fraction of sp³-hybridized carbons (Fsp3) is 0.333. The number of hydrogen-bond acceptors (Lipinski definition) is 7. The van der Waals surface area contributed by atoms with E-state index in [1.165, 1.54) is 23.1 Å². The molecule has 0 saturated heterocycles. The number of carbonyl (C=O) groups is 2. The fourth-order valence-electron chi connectivity index (χ4n) is 1.76. The number of halogens is 1. The van der Waals surface area contributed by atoms with E-state index < -0.39 is 0 Å². The minimum absolute atomic E-state index is 0.263. The highest BCUT2D eigenvalue weighted by molar-refractivity contribution is 9.10. The van der Waals surface area contributed by atoms with Gasteiger partial charge >= 0.3 is 5.97 Å². The lowest BCUT2D eigenvalue weighted by molar-refractivity contribution is -0.142. The molecule has 0 saturated carbocycles. The number of hydrogen-bond donors (Lipinski definition) is 1. The molecule has 0 spiro atoms. The lowest BCUT2D eigenvalue weighted by Crippen LogP contribution is -2.19. The summed E-state index contributed by atoms with van der Waals surface area (Å²) in [5.41, 5.74) is 0.520. The summed E-state index contributed by atoms with van der Waals surface area (Å²) < 4.78 is 6.46. The van der Waals surface area contributed by atoms with Crippen LogP contribution in [-0.4, -0.2) is 33.9 Å². The van der Waals surface area contributed by atoms with E-state index in [1.54, 1.807) is 25.1 Å². The van der Waals surface area contributed by atoms with Crippen LogP contribution < -0.4 is 5.32 Å². The SMILES string of the molecule is CCOC(=O)[C@@H](CC)Sc1nnc(NC(=O)c2cccc(Br)c2)s1. The van der Waals surface area contributed by atoms with Gasteiger partial charge in [-0.15, -0.1) is 10.2 Å². The molecule has 1 aromatic heterocycles. The second-order valence-corrected chi connectivity index (χ2v) is 7.95. The Kier molecular flexibility index (Phi) is 7.19. The zero-order valence-electron chi connectivity index (χ0n) is 13.1. The van der Waals surface area contributed by atoms with Gasteiger partial charge in [0.15, 0.2) is 4.34 Å². The molecule has 1 aromatic carbocycles. The summed E-state index contributed by atoms with van der Waals surface area (Å²) in [6.45, 7) is 4.03. The van der Waals surface area contributed by atoms with Gasteiger partial charge < -0.3 is 4.74 Å². The highest BCUT2D eigenvalue weighted by Gasteiger charge is 2.21. The number of rotatable bonds is 7. The molecule has 128 valence electrons. The van der Waals surface area contributed by atoms with Crippen molar-refractivity contribution in [3.63, 3.8) is 0 Å². The van der Waals surface area contributed by atoms with Gasteiger partial charge in [-0.05, 0) is 31.5 Å². The third-order valence-electron chi connectivity index (χ3n) is 2.88. The Morgan fingerprint density at radius 3 is 2.83 bits per heavy atom. The van der Waals surface area contributed by atoms with Crippen molar-refractivity contribution in [1.82, 2.24) is 10.2 Å². The minimum Gasteiger partial charge on any atom is -0.465 e. The summed E-state index contributed by atoms with van der Waals surface area (Å²) >= 11 is 5.85. The first-order valence-electron chi connectivity index (χ1n) is 7.27. The molecule has 0 radical (unpaired) electrons. The van der Waals surface area contributed by atoms with Crippen molar-refractivity contribution in [2.24, 2.45) is 0 Å². The smallest absolute Gasteiger partial charge is 0.319 e. The Hall–Kier alpha value is -1.45. The van der Waals surface area contributed by atoms with Crippen LogP contribution in [0.5, 0.6) is 0 Å². The number of benzene rings is 1. The highest BCUT2D eigenvalue weighted by Crippen LogP contribution is 2.31. The maximum Gasteiger partial charge on any atom is 0.319 e. The Bertz CT molecular complexity index is 723. The zero-order chi connectivity index (χ0) is 17.5. The molecule has 0 aliphatic heterocycles. The van der Waals surface area contributed by atoms with Crippen molar-refractivity contribution in [2.75, 3.05) is 11.9 Å². The largest absolute Gasteiger partial charge is 0.465 e. The molecule has 2 rings (SSSR count). The fourth-order valence-corrected chi connectivity index (χ4v) is 4.07. The third kappa shape index (κ3) is 5.29. The first kappa shape index (κ1) is 18.9. The van der Waals surface area contributed by atoms with E-state index in [9.17, 15) is 9.59 Å². The van der Waals surface area contributed by atoms with Crippen LogP contribution in [0.25, 0.3) is 0 Å². The predicted octanol–water partition coefficient (Wildman–Crippen LogP) is 3.99. The summed E-state index contributed by atoms with van der Waals surface area (Å²) in [5, 5.41) is 10.7. The second kappa shape index (κ2) is 9.14. The number of carbonyl (C=O) groups excluding carboxylic acids is 2. The maximum absolute atomic E-state index is 12.2. The van der Waals surface area contributed by atoms with Crippen molar-refractivity contribution in [1.29, 1.82) is 0 Å². The Morgan fingerprint density at radius 2 is 2.17 bits per heavy atom. The topological polar surface area (TPSA) is 81.2 Å². The van der Waals surface area contributed by atoms with E-state index in [-0.39, 0.29) is 17.1 Å². The number of amides is 1. The van der Waals surface area contributed by atoms with Crippen LogP contribution in [0.4, 0.5) is 5.13 Å². The van der Waals surface area contributed by atoms with Crippen molar-refractivity contribution in [3.05, 3.63) is 34.3 Å². The number of anilines is 1. The van der Waals surface area contributed by atoms with Crippen LogP contribution in [0.2, 0.25) is 0 Å². The Balaban J connectivity index is 2.00. The maximum atomic E-state index is 12.2. The monoisotopic (exact) mass is 429 g/mol. The average molecular weight is 430 g/mol. The lowest BCUT2D eigenvalue weighted by atomic mass is 10.2. The molecular formula is C15H16BrN3O3S2. The molecule has 1 atom stereocenters. The van der Waals surface area contributed by atoms with Gasteiger partial charge in [-0.2, -0.15) is 0 Å². The van der Waals surface area contributed by atoms with Crippen molar-refractivity contribution in [3.8, 4) is 0 Å². The van der Waals surface area contributed by atoms with Crippen LogP contribution in [0.15, 0.2) is 33.1 Å². The van der Waals surface area contributed by atoms with Gasteiger partial charge in [-0.25, -0.2) is 0 Å². The summed E-state index contributed by atoms with van der Waals surface area (Å²) in [4.78, 5) is 24.0. The lowest BCUT2D eigenvalue weighted by Gasteiger charge is -2.10. The summed E-state index contributed by atoms with van der Waals surface area (Å²) in [5.74, 6) is -0.527. The zero-order valence-corrected chi connectivity index (χ0v) is 16.3. The van der Waals surface area contributed by atoms with E-state index in [0.29, 0.717) is 28.1 Å². The van der Waals surface area contributed by atoms with Gasteiger partial charge in [0, 0.05) is 10.0 Å². The van der Waals surface area contributed by atoms with E-state index in [4.69, 9.17) is 4.74 Å². The molecule has 2 aromatic rings. The van der Waals surface area contributed by atoms with Crippen LogP contribution >= 0.6 is 39.0 Å². The summed E-state index contributed by atoms with van der Waals surface area (Å²) in [6.07, 6.45) is 0.628. The van der Waals surface area contributed by atoms with Crippen LogP contribution in [0, 0.1) is 0 Å². The molecule has 24 heavy (non-hydrogen) atoms. The van der Waals surface area contributed by atoms with E-state index in [1.807, 2.05) is 13.0 Å². The Morgan fingerprint density at radius 1 is 1.38 bits per heavy atom. The van der Waals surface area contributed by atoms with Gasteiger partial charge in [0.2, 0.25) is 5.13 Å². The van der Waals surface area contributed by atoms with E-state index in [0.717, 1.165) is 4.47 Å². The molecule has 1 N–H and O–H groups in total. The minimum atomic E-state index is -0.327. The number of thioether (sulfide) groups is 1.